The van der Waals surface area contributed by atoms with Crippen LogP contribution in [-0.4, -0.2) is 83.7 Å². The Balaban J connectivity index is 1.30. The number of amides is 2. The molecule has 8 heteroatoms. The van der Waals surface area contributed by atoms with Crippen molar-refractivity contribution in [2.75, 3.05) is 50.7 Å². The van der Waals surface area contributed by atoms with Gasteiger partial charge in [-0.1, -0.05) is 18.2 Å². The molecular formula is C26H33FN4O3. The monoisotopic (exact) mass is 468 g/mol. The summed E-state index contributed by atoms with van der Waals surface area (Å²) >= 11 is 0. The Bertz CT molecular complexity index is 1010. The van der Waals surface area contributed by atoms with Crippen molar-refractivity contribution in [3.8, 4) is 0 Å². The van der Waals surface area contributed by atoms with E-state index in [4.69, 9.17) is 0 Å². The molecule has 2 N–H and O–H groups in total. The van der Waals surface area contributed by atoms with E-state index in [1.807, 2.05) is 18.2 Å². The minimum absolute atomic E-state index is 0.237. The zero-order valence-electron chi connectivity index (χ0n) is 19.8. The largest absolute Gasteiger partial charge is 0.387 e. The van der Waals surface area contributed by atoms with Gasteiger partial charge in [-0.05, 0) is 56.7 Å². The Kier molecular flexibility index (Phi) is 6.91. The van der Waals surface area contributed by atoms with Crippen LogP contribution < -0.4 is 10.2 Å². The third-order valence-corrected chi connectivity index (χ3v) is 6.70. The quantitative estimate of drug-likeness (QED) is 0.679. The maximum absolute atomic E-state index is 13.2. The molecule has 2 aromatic carbocycles. The van der Waals surface area contributed by atoms with Crippen LogP contribution in [0.15, 0.2) is 54.6 Å². The number of aliphatic hydroxyl groups is 1. The minimum atomic E-state index is -1.15. The van der Waals surface area contributed by atoms with E-state index in [9.17, 15) is 19.1 Å². The van der Waals surface area contributed by atoms with E-state index in [0.717, 1.165) is 26.2 Å². The first-order chi connectivity index (χ1) is 16.2. The van der Waals surface area contributed by atoms with Gasteiger partial charge in [-0.3, -0.25) is 14.5 Å². The van der Waals surface area contributed by atoms with Gasteiger partial charge in [0.15, 0.2) is 0 Å². The van der Waals surface area contributed by atoms with Gasteiger partial charge in [0, 0.05) is 50.5 Å². The van der Waals surface area contributed by atoms with Gasteiger partial charge in [0.25, 0.3) is 5.91 Å². The van der Waals surface area contributed by atoms with Gasteiger partial charge in [0.05, 0.1) is 12.1 Å². The van der Waals surface area contributed by atoms with E-state index in [-0.39, 0.29) is 18.0 Å². The lowest BCUT2D eigenvalue weighted by Gasteiger charge is -2.39. The lowest BCUT2D eigenvalue weighted by molar-refractivity contribution is -0.136. The minimum Gasteiger partial charge on any atom is -0.387 e. The molecule has 0 bridgehead atoms. The number of hydrogen-bond donors (Lipinski definition) is 2. The summed E-state index contributed by atoms with van der Waals surface area (Å²) in [6, 6.07) is 15.5. The number of hydrogen-bond acceptors (Lipinski definition) is 5. The highest BCUT2D eigenvalue weighted by atomic mass is 19.1. The first-order valence-electron chi connectivity index (χ1n) is 11.8. The number of carbonyl (C=O) groups is 2. The highest BCUT2D eigenvalue weighted by Crippen LogP contribution is 2.26. The molecule has 1 atom stereocenters. The number of nitrogens with one attached hydrogen (secondary N) is 1. The van der Waals surface area contributed by atoms with Gasteiger partial charge in [-0.15, -0.1) is 0 Å². The summed E-state index contributed by atoms with van der Waals surface area (Å²) < 4.78 is 13.1. The third kappa shape index (κ3) is 5.56. The van der Waals surface area contributed by atoms with Crippen LogP contribution in [0.5, 0.6) is 0 Å². The summed E-state index contributed by atoms with van der Waals surface area (Å²) in [4.78, 5) is 32.0. The first kappa shape index (κ1) is 24.2. The second-order valence-corrected chi connectivity index (χ2v) is 9.89. The first-order valence-corrected chi connectivity index (χ1v) is 11.8. The number of piperazine rings is 1. The number of likely N-dealkylation sites (tertiary alicyclic amines) is 1. The fraction of sp³-hybridized carbons (Fsp3) is 0.462. The van der Waals surface area contributed by atoms with E-state index >= 15 is 0 Å². The van der Waals surface area contributed by atoms with Crippen molar-refractivity contribution in [1.82, 2.24) is 15.1 Å². The van der Waals surface area contributed by atoms with Crippen LogP contribution in [0, 0.1) is 5.82 Å². The Labute approximate surface area is 200 Å². The van der Waals surface area contributed by atoms with Gasteiger partial charge in [-0.25, -0.2) is 4.39 Å². The van der Waals surface area contributed by atoms with Gasteiger partial charge in [0.2, 0.25) is 5.91 Å². The second kappa shape index (κ2) is 9.72. The number of para-hydroxylation sites is 1. The molecular weight excluding hydrogens is 435 g/mol. The van der Waals surface area contributed by atoms with Crippen LogP contribution in [-0.2, 0) is 4.79 Å². The molecule has 0 unspecified atom stereocenters. The zero-order chi connectivity index (χ0) is 24.3. The molecule has 7 nitrogen and oxygen atoms in total. The van der Waals surface area contributed by atoms with E-state index in [1.165, 1.54) is 30.0 Å². The average Bonchev–Trinajstić information content (AvgIpc) is 3.21. The summed E-state index contributed by atoms with van der Waals surface area (Å²) in [5.74, 6) is -1.11. The van der Waals surface area contributed by atoms with E-state index in [0.29, 0.717) is 19.5 Å². The molecule has 0 aromatic heterocycles. The summed E-state index contributed by atoms with van der Waals surface area (Å²) in [5, 5.41) is 14.0. The van der Waals surface area contributed by atoms with Crippen molar-refractivity contribution in [2.24, 2.45) is 0 Å². The average molecular weight is 469 g/mol. The van der Waals surface area contributed by atoms with Gasteiger partial charge < -0.3 is 20.2 Å². The SMILES string of the molecule is CC(C)(NC(=O)c1ccc(F)cc1)C(=O)N1CC[C@](O)(CN2CCN(c3ccccc3)CC2)C1. The van der Waals surface area contributed by atoms with Gasteiger partial charge in [-0.2, -0.15) is 0 Å². The maximum Gasteiger partial charge on any atom is 0.252 e. The molecule has 2 saturated heterocycles. The van der Waals surface area contributed by atoms with Crippen LogP contribution in [0.1, 0.15) is 30.6 Å². The van der Waals surface area contributed by atoms with Gasteiger partial charge in [0.1, 0.15) is 11.4 Å². The van der Waals surface area contributed by atoms with E-state index in [1.54, 1.807) is 18.7 Å². The molecule has 182 valence electrons. The number of benzene rings is 2. The molecule has 4 rings (SSSR count). The summed E-state index contributed by atoms with van der Waals surface area (Å²) in [5.41, 5.74) is -0.627. The van der Waals surface area contributed by atoms with Crippen LogP contribution in [0.3, 0.4) is 0 Å². The van der Waals surface area contributed by atoms with Crippen molar-refractivity contribution < 1.29 is 19.1 Å². The van der Waals surface area contributed by atoms with Crippen molar-refractivity contribution in [1.29, 1.82) is 0 Å². The van der Waals surface area contributed by atoms with Crippen molar-refractivity contribution in [2.45, 2.75) is 31.4 Å². The normalized spacial score (nSPS) is 21.5. The lowest BCUT2D eigenvalue weighted by Crippen LogP contribution is -2.57. The Hall–Kier alpha value is -2.97. The van der Waals surface area contributed by atoms with E-state index < -0.39 is 22.9 Å². The topological polar surface area (TPSA) is 76.1 Å². The van der Waals surface area contributed by atoms with Crippen molar-refractivity contribution in [3.63, 3.8) is 0 Å². The summed E-state index contributed by atoms with van der Waals surface area (Å²) in [6.45, 7) is 7.98. The number of halogens is 1. The fourth-order valence-electron chi connectivity index (χ4n) is 4.78. The number of nitrogens with zero attached hydrogens (tertiary/aromatic N) is 3. The lowest BCUT2D eigenvalue weighted by atomic mass is 10.0. The Morgan fingerprint density at radius 1 is 1.00 bits per heavy atom. The highest BCUT2D eigenvalue weighted by Gasteiger charge is 2.44. The van der Waals surface area contributed by atoms with Crippen LogP contribution in [0.4, 0.5) is 10.1 Å². The molecule has 2 aromatic rings. The van der Waals surface area contributed by atoms with Crippen LogP contribution in [0.25, 0.3) is 0 Å². The zero-order valence-corrected chi connectivity index (χ0v) is 19.8. The van der Waals surface area contributed by atoms with Gasteiger partial charge >= 0.3 is 0 Å². The number of anilines is 1. The Morgan fingerprint density at radius 2 is 1.65 bits per heavy atom. The second-order valence-electron chi connectivity index (χ2n) is 9.89. The molecule has 2 aliphatic rings. The third-order valence-electron chi connectivity index (χ3n) is 6.70. The molecule has 2 fully saturated rings. The Morgan fingerprint density at radius 3 is 2.29 bits per heavy atom. The number of rotatable bonds is 6. The van der Waals surface area contributed by atoms with Crippen LogP contribution in [0.2, 0.25) is 0 Å². The maximum atomic E-state index is 13.2. The number of carbonyl (C=O) groups excluding carboxylic acids is 2. The molecule has 0 aliphatic carbocycles. The molecule has 2 amide bonds. The number of β-amino-alcohol motifs (C(OH)–C–C–N with tert-alkyl or cyclic N) is 1. The summed E-state index contributed by atoms with van der Waals surface area (Å²) in [6.07, 6.45) is 0.500. The molecule has 0 saturated carbocycles. The van der Waals surface area contributed by atoms with Crippen LogP contribution >= 0.6 is 0 Å². The molecule has 0 radical (unpaired) electrons. The molecule has 2 heterocycles. The smallest absolute Gasteiger partial charge is 0.252 e. The summed E-state index contributed by atoms with van der Waals surface area (Å²) in [7, 11) is 0. The molecule has 0 spiro atoms. The molecule has 2 aliphatic heterocycles. The van der Waals surface area contributed by atoms with Crippen molar-refractivity contribution in [3.05, 3.63) is 66.0 Å². The van der Waals surface area contributed by atoms with E-state index in [2.05, 4.69) is 27.2 Å². The fourth-order valence-corrected chi connectivity index (χ4v) is 4.78. The predicted octanol–water partition coefficient (Wildman–Crippen LogP) is 2.12. The standard InChI is InChI=1S/C26H33FN4O3/c1-25(2,28-23(32)20-8-10-21(27)11-9-20)24(33)31-13-12-26(34,19-31)18-29-14-16-30(17-15-29)22-6-4-3-5-7-22/h3-11,34H,12-19H2,1-2H3,(H,28,32)/t26-/m0/s1. The highest BCUT2D eigenvalue weighted by molar-refractivity contribution is 5.99. The predicted molar refractivity (Wildman–Crippen MR) is 129 cm³/mol. The van der Waals surface area contributed by atoms with Crippen molar-refractivity contribution >= 4 is 17.5 Å². The molecule has 34 heavy (non-hydrogen) atoms.